The van der Waals surface area contributed by atoms with Gasteiger partial charge >= 0.3 is 5.97 Å². The number of carbonyl (C=O) groups is 1. The Bertz CT molecular complexity index is 385. The lowest BCUT2D eigenvalue weighted by molar-refractivity contribution is -0.132. The van der Waals surface area contributed by atoms with Crippen molar-refractivity contribution < 1.29 is 14.3 Å². The van der Waals surface area contributed by atoms with Crippen LogP contribution in [-0.4, -0.2) is 19.6 Å². The highest BCUT2D eigenvalue weighted by Crippen LogP contribution is 2.29. The van der Waals surface area contributed by atoms with Crippen LogP contribution in [0.15, 0.2) is 18.2 Å². The molecule has 1 atom stereocenters. The van der Waals surface area contributed by atoms with Gasteiger partial charge < -0.3 is 20.9 Å². The Morgan fingerprint density at radius 1 is 1.41 bits per heavy atom. The van der Waals surface area contributed by atoms with E-state index in [9.17, 15) is 4.79 Å². The Labute approximate surface area is 106 Å². The van der Waals surface area contributed by atoms with Crippen LogP contribution in [0.2, 0.25) is 0 Å². The van der Waals surface area contributed by atoms with E-state index in [4.69, 9.17) is 20.9 Å². The summed E-state index contributed by atoms with van der Waals surface area (Å²) in [5.74, 6) is 0.453. The van der Waals surface area contributed by atoms with Crippen LogP contribution in [0.25, 0.3) is 0 Å². The minimum atomic E-state index is -0.394. The summed E-state index contributed by atoms with van der Waals surface area (Å²) in [6.45, 7) is 1.68. The minimum absolute atomic E-state index is 0. The predicted octanol–water partition coefficient (Wildman–Crippen LogP) is 1.00. The zero-order chi connectivity index (χ0) is 12.1. The number of ether oxygens (including phenoxy) is 2. The lowest BCUT2D eigenvalue weighted by Crippen LogP contribution is -2.20. The summed E-state index contributed by atoms with van der Waals surface area (Å²) in [6, 6.07) is 4.87. The summed E-state index contributed by atoms with van der Waals surface area (Å²) in [7, 11) is 1.50. The molecule has 0 fully saturated rings. The highest BCUT2D eigenvalue weighted by atomic mass is 35.5. The van der Waals surface area contributed by atoms with Crippen LogP contribution in [-0.2, 0) is 4.79 Å². The standard InChI is InChI=1S/C11H16N2O3.ClH/c1-7(14)16-10-4-3-8(9(13)6-12)5-11(10)15-2;/h3-5,9H,6,12-13H2,1-2H3;1H/t9-;/m1./s1. The Hall–Kier alpha value is -1.30. The topological polar surface area (TPSA) is 87.6 Å². The molecular formula is C11H17ClN2O3. The van der Waals surface area contributed by atoms with Crippen molar-refractivity contribution >= 4 is 18.4 Å². The second-order valence-corrected chi connectivity index (χ2v) is 3.35. The predicted molar refractivity (Wildman–Crippen MR) is 67.5 cm³/mol. The summed E-state index contributed by atoms with van der Waals surface area (Å²) in [5, 5.41) is 0. The fraction of sp³-hybridized carbons (Fsp3) is 0.364. The summed E-state index contributed by atoms with van der Waals surface area (Å²) < 4.78 is 10.1. The van der Waals surface area contributed by atoms with Gasteiger partial charge in [0, 0.05) is 19.5 Å². The molecule has 5 nitrogen and oxygen atoms in total. The molecule has 0 saturated heterocycles. The maximum absolute atomic E-state index is 10.8. The quantitative estimate of drug-likeness (QED) is 0.623. The molecule has 96 valence electrons. The second kappa shape index (κ2) is 7.11. The number of nitrogens with two attached hydrogens (primary N) is 2. The lowest BCUT2D eigenvalue weighted by Gasteiger charge is -2.13. The van der Waals surface area contributed by atoms with Crippen molar-refractivity contribution in [3.8, 4) is 11.5 Å². The van der Waals surface area contributed by atoms with Crippen LogP contribution >= 0.6 is 12.4 Å². The minimum Gasteiger partial charge on any atom is -0.493 e. The average Bonchev–Trinajstić information content (AvgIpc) is 2.27. The van der Waals surface area contributed by atoms with E-state index in [2.05, 4.69) is 0 Å². The molecule has 1 aromatic carbocycles. The molecule has 0 aliphatic rings. The molecule has 1 aromatic rings. The van der Waals surface area contributed by atoms with E-state index in [1.807, 2.05) is 0 Å². The van der Waals surface area contributed by atoms with Crippen LogP contribution in [0.4, 0.5) is 0 Å². The third kappa shape index (κ3) is 4.22. The van der Waals surface area contributed by atoms with Gasteiger partial charge in [-0.05, 0) is 17.7 Å². The number of hydrogen-bond donors (Lipinski definition) is 2. The van der Waals surface area contributed by atoms with E-state index in [1.54, 1.807) is 18.2 Å². The van der Waals surface area contributed by atoms with E-state index in [1.165, 1.54) is 14.0 Å². The van der Waals surface area contributed by atoms with E-state index >= 15 is 0 Å². The van der Waals surface area contributed by atoms with Crippen molar-refractivity contribution in [1.82, 2.24) is 0 Å². The van der Waals surface area contributed by atoms with Gasteiger partial charge in [0.2, 0.25) is 0 Å². The number of benzene rings is 1. The number of esters is 1. The van der Waals surface area contributed by atoms with Gasteiger partial charge in [0.15, 0.2) is 11.5 Å². The van der Waals surface area contributed by atoms with Gasteiger partial charge in [0.05, 0.1) is 7.11 Å². The van der Waals surface area contributed by atoms with E-state index in [0.717, 1.165) is 5.56 Å². The van der Waals surface area contributed by atoms with E-state index in [0.29, 0.717) is 18.0 Å². The van der Waals surface area contributed by atoms with Crippen LogP contribution in [0.1, 0.15) is 18.5 Å². The Balaban J connectivity index is 0.00000256. The average molecular weight is 261 g/mol. The van der Waals surface area contributed by atoms with Gasteiger partial charge in [-0.25, -0.2) is 0 Å². The third-order valence-corrected chi connectivity index (χ3v) is 2.12. The first-order valence-electron chi connectivity index (χ1n) is 4.90. The van der Waals surface area contributed by atoms with Gasteiger partial charge in [-0.3, -0.25) is 4.79 Å². The third-order valence-electron chi connectivity index (χ3n) is 2.12. The molecular weight excluding hydrogens is 244 g/mol. The molecule has 0 amide bonds. The molecule has 0 bridgehead atoms. The van der Waals surface area contributed by atoms with Gasteiger partial charge in [-0.2, -0.15) is 0 Å². The Morgan fingerprint density at radius 2 is 2.06 bits per heavy atom. The maximum Gasteiger partial charge on any atom is 0.308 e. The van der Waals surface area contributed by atoms with Gasteiger partial charge in [0.25, 0.3) is 0 Å². The zero-order valence-corrected chi connectivity index (χ0v) is 10.6. The highest BCUT2D eigenvalue weighted by molar-refractivity contribution is 5.85. The van der Waals surface area contributed by atoms with Crippen molar-refractivity contribution in [3.63, 3.8) is 0 Å². The number of methoxy groups -OCH3 is 1. The fourth-order valence-electron chi connectivity index (χ4n) is 1.29. The van der Waals surface area contributed by atoms with Crippen molar-refractivity contribution in [2.75, 3.05) is 13.7 Å². The number of carbonyl (C=O) groups excluding carboxylic acids is 1. The smallest absolute Gasteiger partial charge is 0.308 e. The normalized spacial score (nSPS) is 11.3. The summed E-state index contributed by atoms with van der Waals surface area (Å²) in [6.07, 6.45) is 0. The summed E-state index contributed by atoms with van der Waals surface area (Å²) in [5.41, 5.74) is 12.1. The molecule has 0 aromatic heterocycles. The van der Waals surface area contributed by atoms with Crippen molar-refractivity contribution in [2.24, 2.45) is 11.5 Å². The molecule has 0 radical (unpaired) electrons. The van der Waals surface area contributed by atoms with Crippen molar-refractivity contribution in [3.05, 3.63) is 23.8 Å². The molecule has 1 rings (SSSR count). The van der Waals surface area contributed by atoms with E-state index in [-0.39, 0.29) is 18.4 Å². The number of halogens is 1. The van der Waals surface area contributed by atoms with Gasteiger partial charge in [-0.1, -0.05) is 6.07 Å². The highest BCUT2D eigenvalue weighted by Gasteiger charge is 2.11. The molecule has 0 saturated carbocycles. The molecule has 4 N–H and O–H groups in total. The molecule has 0 heterocycles. The van der Waals surface area contributed by atoms with Crippen molar-refractivity contribution in [2.45, 2.75) is 13.0 Å². The monoisotopic (exact) mass is 260 g/mol. The maximum atomic E-state index is 10.8. The molecule has 17 heavy (non-hydrogen) atoms. The second-order valence-electron chi connectivity index (χ2n) is 3.35. The zero-order valence-electron chi connectivity index (χ0n) is 9.80. The SMILES string of the molecule is COc1cc([C@H](N)CN)ccc1OC(C)=O.Cl. The first kappa shape index (κ1) is 15.7. The van der Waals surface area contributed by atoms with Crippen LogP contribution in [0.5, 0.6) is 11.5 Å². The first-order valence-corrected chi connectivity index (χ1v) is 4.90. The van der Waals surface area contributed by atoms with Gasteiger partial charge in [0.1, 0.15) is 0 Å². The van der Waals surface area contributed by atoms with Gasteiger partial charge in [-0.15, -0.1) is 12.4 Å². The molecule has 0 unspecified atom stereocenters. The van der Waals surface area contributed by atoms with Crippen molar-refractivity contribution in [1.29, 1.82) is 0 Å². The fourth-order valence-corrected chi connectivity index (χ4v) is 1.29. The molecule has 0 aliphatic carbocycles. The Morgan fingerprint density at radius 3 is 2.53 bits per heavy atom. The number of rotatable bonds is 4. The summed E-state index contributed by atoms with van der Waals surface area (Å²) in [4.78, 5) is 10.8. The Kier molecular flexibility index (Phi) is 6.57. The van der Waals surface area contributed by atoms with E-state index < -0.39 is 5.97 Å². The molecule has 0 aliphatic heterocycles. The number of hydrogen-bond acceptors (Lipinski definition) is 5. The summed E-state index contributed by atoms with van der Waals surface area (Å²) >= 11 is 0. The first-order chi connectivity index (χ1) is 7.58. The molecule has 0 spiro atoms. The van der Waals surface area contributed by atoms with Crippen LogP contribution < -0.4 is 20.9 Å². The largest absolute Gasteiger partial charge is 0.493 e. The van der Waals surface area contributed by atoms with Crippen LogP contribution in [0.3, 0.4) is 0 Å². The van der Waals surface area contributed by atoms with Crippen LogP contribution in [0, 0.1) is 0 Å². The lowest BCUT2D eigenvalue weighted by atomic mass is 10.1. The molecule has 6 heteroatoms.